The van der Waals surface area contributed by atoms with E-state index in [0.717, 1.165) is 12.8 Å². The first kappa shape index (κ1) is 13.0. The molecule has 0 unspecified atom stereocenters. The molecule has 0 saturated heterocycles. The van der Waals surface area contributed by atoms with Crippen LogP contribution in [0.4, 0.5) is 0 Å². The minimum atomic E-state index is -0.794. The molecule has 2 rings (SSSR count). The van der Waals surface area contributed by atoms with E-state index >= 15 is 0 Å². The molecule has 1 amide bonds. The highest BCUT2D eigenvalue weighted by Gasteiger charge is 2.27. The quantitative estimate of drug-likeness (QED) is 0.859. The topological polar surface area (TPSA) is 68.3 Å². The maximum absolute atomic E-state index is 11.8. The lowest BCUT2D eigenvalue weighted by Crippen LogP contribution is -2.37. The summed E-state index contributed by atoms with van der Waals surface area (Å²) in [6, 6.07) is 1.85. The number of nitrogens with one attached hydrogen (secondary N) is 1. The molecule has 18 heavy (non-hydrogen) atoms. The lowest BCUT2D eigenvalue weighted by Gasteiger charge is -2.13. The number of pyridine rings is 1. The fourth-order valence-corrected chi connectivity index (χ4v) is 1.72. The van der Waals surface area contributed by atoms with Gasteiger partial charge in [-0.25, -0.2) is 4.79 Å². The average molecular weight is 313 g/mol. The van der Waals surface area contributed by atoms with Gasteiger partial charge in [0.2, 0.25) is 0 Å². The van der Waals surface area contributed by atoms with Gasteiger partial charge in [0.1, 0.15) is 0 Å². The third kappa shape index (κ3) is 3.53. The van der Waals surface area contributed by atoms with Gasteiger partial charge in [-0.15, -0.1) is 0 Å². The lowest BCUT2D eigenvalue weighted by molar-refractivity contribution is -0.129. The van der Waals surface area contributed by atoms with Crippen molar-refractivity contribution in [3.05, 3.63) is 28.5 Å². The summed E-state index contributed by atoms with van der Waals surface area (Å²) in [5, 5.41) is 2.78. The largest absolute Gasteiger partial charge is 0.449 e. The molecule has 0 aliphatic heterocycles. The van der Waals surface area contributed by atoms with Crippen LogP contribution in [0.25, 0.3) is 0 Å². The molecule has 1 aromatic rings. The van der Waals surface area contributed by atoms with E-state index in [2.05, 4.69) is 26.2 Å². The predicted molar refractivity (Wildman–Crippen MR) is 68.0 cm³/mol. The Morgan fingerprint density at radius 3 is 2.83 bits per heavy atom. The molecule has 0 radical (unpaired) electrons. The van der Waals surface area contributed by atoms with E-state index in [4.69, 9.17) is 4.74 Å². The van der Waals surface area contributed by atoms with Crippen molar-refractivity contribution in [2.75, 3.05) is 0 Å². The maximum Gasteiger partial charge on any atom is 0.340 e. The van der Waals surface area contributed by atoms with Crippen LogP contribution < -0.4 is 5.32 Å². The van der Waals surface area contributed by atoms with Crippen LogP contribution in [0.15, 0.2) is 22.9 Å². The smallest absolute Gasteiger partial charge is 0.340 e. The molecule has 1 aromatic heterocycles. The fraction of sp³-hybridized carbons (Fsp3) is 0.417. The van der Waals surface area contributed by atoms with Gasteiger partial charge in [0.25, 0.3) is 5.91 Å². The van der Waals surface area contributed by atoms with Gasteiger partial charge in [-0.3, -0.25) is 9.78 Å². The number of rotatable bonds is 4. The first-order valence-corrected chi connectivity index (χ1v) is 6.47. The highest BCUT2D eigenvalue weighted by Crippen LogP contribution is 2.19. The summed E-state index contributed by atoms with van der Waals surface area (Å²) in [7, 11) is 0. The summed E-state index contributed by atoms with van der Waals surface area (Å²) in [6.45, 7) is 1.56. The summed E-state index contributed by atoms with van der Waals surface area (Å²) < 4.78 is 5.76. The first-order chi connectivity index (χ1) is 8.56. The zero-order valence-corrected chi connectivity index (χ0v) is 11.4. The Kier molecular flexibility index (Phi) is 3.96. The summed E-state index contributed by atoms with van der Waals surface area (Å²) in [6.07, 6.45) is 4.18. The molecule has 1 saturated carbocycles. The van der Waals surface area contributed by atoms with Crippen LogP contribution in [0.1, 0.15) is 30.1 Å². The number of nitrogens with zero attached hydrogens (tertiary/aromatic N) is 1. The number of amides is 1. The van der Waals surface area contributed by atoms with Gasteiger partial charge < -0.3 is 10.1 Å². The molecule has 1 aliphatic rings. The highest BCUT2D eigenvalue weighted by molar-refractivity contribution is 9.10. The Morgan fingerprint density at radius 2 is 2.22 bits per heavy atom. The van der Waals surface area contributed by atoms with E-state index in [0.29, 0.717) is 10.0 Å². The molecule has 0 aromatic carbocycles. The number of aromatic nitrogens is 1. The van der Waals surface area contributed by atoms with Crippen LogP contribution in [0.5, 0.6) is 0 Å². The van der Waals surface area contributed by atoms with Crippen molar-refractivity contribution in [1.29, 1.82) is 0 Å². The van der Waals surface area contributed by atoms with E-state index in [1.165, 1.54) is 6.20 Å². The van der Waals surface area contributed by atoms with Gasteiger partial charge in [0, 0.05) is 22.9 Å². The second-order valence-corrected chi connectivity index (χ2v) is 5.14. The minimum Gasteiger partial charge on any atom is -0.449 e. The number of esters is 1. The van der Waals surface area contributed by atoms with E-state index in [1.54, 1.807) is 19.2 Å². The van der Waals surface area contributed by atoms with Crippen molar-refractivity contribution in [3.8, 4) is 0 Å². The van der Waals surface area contributed by atoms with Crippen LogP contribution in [0, 0.1) is 0 Å². The second-order valence-electron chi connectivity index (χ2n) is 4.22. The number of carbonyl (C=O) groups excluding carboxylic acids is 2. The first-order valence-electron chi connectivity index (χ1n) is 5.68. The molecule has 1 fully saturated rings. The molecular weight excluding hydrogens is 300 g/mol. The van der Waals surface area contributed by atoms with Crippen LogP contribution >= 0.6 is 15.9 Å². The third-order valence-corrected chi connectivity index (χ3v) is 2.95. The van der Waals surface area contributed by atoms with Gasteiger partial charge in [0.15, 0.2) is 6.10 Å². The van der Waals surface area contributed by atoms with Crippen molar-refractivity contribution >= 4 is 27.8 Å². The molecular formula is C12H13BrN2O3. The fourth-order valence-electron chi connectivity index (χ4n) is 1.35. The lowest BCUT2D eigenvalue weighted by atomic mass is 10.3. The molecule has 1 N–H and O–H groups in total. The van der Waals surface area contributed by atoms with E-state index in [9.17, 15) is 9.59 Å². The molecule has 0 bridgehead atoms. The maximum atomic E-state index is 11.8. The van der Waals surface area contributed by atoms with Gasteiger partial charge in [0.05, 0.1) is 5.56 Å². The molecule has 6 heteroatoms. The van der Waals surface area contributed by atoms with Crippen molar-refractivity contribution in [2.45, 2.75) is 31.9 Å². The van der Waals surface area contributed by atoms with Gasteiger partial charge in [-0.05, 0) is 41.8 Å². The van der Waals surface area contributed by atoms with Crippen LogP contribution in [-0.4, -0.2) is 29.0 Å². The van der Waals surface area contributed by atoms with E-state index in [-0.39, 0.29) is 11.9 Å². The number of hydrogen-bond acceptors (Lipinski definition) is 4. The number of ether oxygens (including phenoxy) is 1. The molecule has 1 heterocycles. The highest BCUT2D eigenvalue weighted by atomic mass is 79.9. The summed E-state index contributed by atoms with van der Waals surface area (Å²) in [5.74, 6) is -0.809. The number of carbonyl (C=O) groups is 2. The number of hydrogen-bond donors (Lipinski definition) is 1. The third-order valence-electron chi connectivity index (χ3n) is 2.52. The average Bonchev–Trinajstić information content (AvgIpc) is 3.12. The standard InChI is InChI=1S/C12H13BrN2O3/c1-7(11(16)15-10-2-3-10)18-12(17)8-4-9(13)6-14-5-8/h4-7,10H,2-3H2,1H3,(H,15,16)/t7-/m1/s1. The Bertz CT molecular complexity index is 474. The van der Waals surface area contributed by atoms with Crippen LogP contribution in [0.3, 0.4) is 0 Å². The normalized spacial score (nSPS) is 15.9. The van der Waals surface area contributed by atoms with Crippen molar-refractivity contribution in [2.24, 2.45) is 0 Å². The van der Waals surface area contributed by atoms with Crippen LogP contribution in [-0.2, 0) is 9.53 Å². The Morgan fingerprint density at radius 1 is 1.50 bits per heavy atom. The summed E-state index contributed by atoms with van der Waals surface area (Å²) >= 11 is 3.22. The SMILES string of the molecule is C[C@@H](OC(=O)c1cncc(Br)c1)C(=O)NC1CC1. The molecule has 5 nitrogen and oxygen atoms in total. The zero-order valence-electron chi connectivity index (χ0n) is 9.85. The number of halogens is 1. The molecule has 0 spiro atoms. The van der Waals surface area contributed by atoms with Crippen molar-refractivity contribution in [3.63, 3.8) is 0 Å². The van der Waals surface area contributed by atoms with Gasteiger partial charge >= 0.3 is 5.97 Å². The van der Waals surface area contributed by atoms with E-state index < -0.39 is 12.1 Å². The van der Waals surface area contributed by atoms with Crippen LogP contribution in [0.2, 0.25) is 0 Å². The zero-order chi connectivity index (χ0) is 13.1. The Balaban J connectivity index is 1.91. The Labute approximate surface area is 113 Å². The molecule has 1 atom stereocenters. The monoisotopic (exact) mass is 312 g/mol. The predicted octanol–water partition coefficient (Wildman–Crippen LogP) is 1.67. The van der Waals surface area contributed by atoms with Crippen molar-refractivity contribution < 1.29 is 14.3 Å². The molecule has 1 aliphatic carbocycles. The Hall–Kier alpha value is -1.43. The van der Waals surface area contributed by atoms with Gasteiger partial charge in [-0.1, -0.05) is 0 Å². The summed E-state index contributed by atoms with van der Waals surface area (Å²) in [4.78, 5) is 27.2. The van der Waals surface area contributed by atoms with Crippen molar-refractivity contribution in [1.82, 2.24) is 10.3 Å². The minimum absolute atomic E-state index is 0.256. The second kappa shape index (κ2) is 5.48. The van der Waals surface area contributed by atoms with Gasteiger partial charge in [-0.2, -0.15) is 0 Å². The summed E-state index contributed by atoms with van der Waals surface area (Å²) in [5.41, 5.74) is 0.315. The van der Waals surface area contributed by atoms with E-state index in [1.807, 2.05) is 0 Å². The molecule has 96 valence electrons.